The lowest BCUT2D eigenvalue weighted by atomic mass is 9.87. The maximum absolute atomic E-state index is 6.87. The van der Waals surface area contributed by atoms with Gasteiger partial charge in [0.1, 0.15) is 37.8 Å². The maximum atomic E-state index is 6.87. The average molecular weight is 887 g/mol. The van der Waals surface area contributed by atoms with Crippen LogP contribution in [0, 0.1) is 7.14 Å². The van der Waals surface area contributed by atoms with Gasteiger partial charge in [0.25, 0.3) is 0 Å². The highest BCUT2D eigenvalue weighted by molar-refractivity contribution is 14.1. The van der Waals surface area contributed by atoms with E-state index in [0.717, 1.165) is 44.7 Å². The zero-order valence-electron chi connectivity index (χ0n) is 29.7. The highest BCUT2D eigenvalue weighted by Gasteiger charge is 2.24. The molecule has 0 heterocycles. The zero-order valence-corrected chi connectivity index (χ0v) is 34.0. The van der Waals surface area contributed by atoms with Gasteiger partial charge in [-0.1, -0.05) is 97.1 Å². The first kappa shape index (κ1) is 35.0. The first-order valence-electron chi connectivity index (χ1n) is 17.1. The van der Waals surface area contributed by atoms with Crippen LogP contribution in [0.3, 0.4) is 0 Å². The standard InChI is InChI=1S/C44H44I2N2O2/c1-47(2,3)23-25-49-39-28-40(50-26-24-48(4,5)6)38(42-31-17-9-13-21-35(31)44(46)36-22-14-10-18-32(36)42)27-37(39)41-29-15-7-11-19-33(29)43(45)34-20-12-8-16-30(34)41/h7-22,27-28H,23-26H2,1-6H3/q+2. The summed E-state index contributed by atoms with van der Waals surface area (Å²) in [6.07, 6.45) is 0. The Hall–Kier alpha value is -3.44. The predicted octanol–water partition coefficient (Wildman–Crippen LogP) is 11.0. The summed E-state index contributed by atoms with van der Waals surface area (Å²) in [5.74, 6) is 1.69. The van der Waals surface area contributed by atoms with Gasteiger partial charge in [0, 0.05) is 35.5 Å². The normalized spacial score (nSPS) is 12.3. The minimum absolute atomic E-state index is 0.587. The number of nitrogens with zero attached hydrogens (tertiary/aromatic N) is 2. The lowest BCUT2D eigenvalue weighted by Crippen LogP contribution is -2.38. The maximum Gasteiger partial charge on any atom is 0.137 e. The molecule has 0 spiro atoms. The highest BCUT2D eigenvalue weighted by Crippen LogP contribution is 2.50. The topological polar surface area (TPSA) is 18.5 Å². The fourth-order valence-electron chi connectivity index (χ4n) is 6.78. The molecule has 0 aliphatic carbocycles. The van der Waals surface area contributed by atoms with Crippen LogP contribution < -0.4 is 9.47 Å². The van der Waals surface area contributed by atoms with E-state index in [9.17, 15) is 0 Å². The summed E-state index contributed by atoms with van der Waals surface area (Å²) in [5.41, 5.74) is 4.54. The molecule has 50 heavy (non-hydrogen) atoms. The SMILES string of the molecule is C[N+](C)(C)CCOc1cc(OCC[N+](C)(C)C)c(-c2c3ccccc3c(I)c3ccccc23)cc1-c1c2ccccc2c(I)c2ccccc12. The molecule has 0 fully saturated rings. The fourth-order valence-corrected chi connectivity index (χ4v) is 8.66. The van der Waals surface area contributed by atoms with Crippen molar-refractivity contribution in [2.45, 2.75) is 0 Å². The third kappa shape index (κ3) is 6.92. The minimum Gasteiger partial charge on any atom is -0.487 e. The molecule has 0 saturated carbocycles. The van der Waals surface area contributed by atoms with E-state index >= 15 is 0 Å². The van der Waals surface area contributed by atoms with E-state index in [0.29, 0.717) is 13.2 Å². The molecule has 0 unspecified atom stereocenters. The molecule has 7 aromatic carbocycles. The van der Waals surface area contributed by atoms with Gasteiger partial charge in [-0.15, -0.1) is 0 Å². The fraction of sp³-hybridized carbons (Fsp3) is 0.227. The van der Waals surface area contributed by atoms with Gasteiger partial charge < -0.3 is 18.4 Å². The Balaban J connectivity index is 1.60. The zero-order chi connectivity index (χ0) is 35.2. The van der Waals surface area contributed by atoms with Crippen molar-refractivity contribution in [1.29, 1.82) is 0 Å². The Morgan fingerprint density at radius 3 is 0.980 bits per heavy atom. The summed E-state index contributed by atoms with van der Waals surface area (Å²) in [7, 11) is 13.2. The monoisotopic (exact) mass is 886 g/mol. The molecule has 0 N–H and O–H groups in total. The van der Waals surface area contributed by atoms with Crippen molar-refractivity contribution >= 4 is 88.3 Å². The quantitative estimate of drug-likeness (QED) is 0.0774. The van der Waals surface area contributed by atoms with Gasteiger partial charge >= 0.3 is 0 Å². The van der Waals surface area contributed by atoms with E-state index < -0.39 is 0 Å². The van der Waals surface area contributed by atoms with Crippen LogP contribution in [0.1, 0.15) is 0 Å². The number of halogens is 2. The van der Waals surface area contributed by atoms with E-state index in [1.54, 1.807) is 0 Å². The second kappa shape index (κ2) is 13.9. The van der Waals surface area contributed by atoms with Gasteiger partial charge in [0.15, 0.2) is 0 Å². The van der Waals surface area contributed by atoms with Crippen LogP contribution in [0.4, 0.5) is 0 Å². The van der Waals surface area contributed by atoms with E-state index in [-0.39, 0.29) is 0 Å². The molecule has 4 nitrogen and oxygen atoms in total. The summed E-state index contributed by atoms with van der Waals surface area (Å²) >= 11 is 5.04. The molecule has 254 valence electrons. The van der Waals surface area contributed by atoms with Crippen LogP contribution in [-0.4, -0.2) is 77.6 Å². The summed E-state index contributed by atoms with van der Waals surface area (Å²) in [6, 6.07) is 39.7. The number of quaternary nitrogens is 2. The smallest absolute Gasteiger partial charge is 0.137 e. The van der Waals surface area contributed by atoms with Crippen molar-refractivity contribution in [3.63, 3.8) is 0 Å². The molecular weight excluding hydrogens is 842 g/mol. The molecular formula is C44H44I2N2O2+2. The van der Waals surface area contributed by atoms with E-state index in [4.69, 9.17) is 9.47 Å². The largest absolute Gasteiger partial charge is 0.487 e. The third-order valence-corrected chi connectivity index (χ3v) is 11.7. The van der Waals surface area contributed by atoms with Crippen LogP contribution in [0.2, 0.25) is 0 Å². The van der Waals surface area contributed by atoms with Gasteiger partial charge in [-0.2, -0.15) is 0 Å². The first-order chi connectivity index (χ1) is 23.9. The second-order valence-corrected chi connectivity index (χ2v) is 17.3. The van der Waals surface area contributed by atoms with Crippen molar-refractivity contribution in [3.05, 3.63) is 116 Å². The third-order valence-electron chi connectivity index (χ3n) is 9.39. The van der Waals surface area contributed by atoms with E-state index in [1.807, 2.05) is 0 Å². The number of benzene rings is 7. The number of hydrogen-bond acceptors (Lipinski definition) is 2. The van der Waals surface area contributed by atoms with Gasteiger partial charge in [-0.25, -0.2) is 0 Å². The molecule has 7 aromatic rings. The molecule has 7 rings (SSSR count). The van der Waals surface area contributed by atoms with Gasteiger partial charge in [0.2, 0.25) is 0 Å². The molecule has 0 amide bonds. The second-order valence-electron chi connectivity index (χ2n) is 15.1. The van der Waals surface area contributed by atoms with Gasteiger partial charge in [-0.3, -0.25) is 0 Å². The number of ether oxygens (including phenoxy) is 2. The minimum atomic E-state index is 0.587. The van der Waals surface area contributed by atoms with Gasteiger partial charge in [0.05, 0.1) is 42.3 Å². The average Bonchev–Trinajstić information content (AvgIpc) is 3.08. The number of likely N-dealkylation sites (N-methyl/N-ethyl adjacent to an activating group) is 2. The Labute approximate surface area is 323 Å². The molecule has 0 aromatic heterocycles. The Kier molecular flexibility index (Phi) is 9.75. The van der Waals surface area contributed by atoms with Crippen LogP contribution >= 0.6 is 45.2 Å². The van der Waals surface area contributed by atoms with Crippen molar-refractivity contribution in [2.24, 2.45) is 0 Å². The van der Waals surface area contributed by atoms with Crippen molar-refractivity contribution < 1.29 is 18.4 Å². The van der Waals surface area contributed by atoms with Gasteiger partial charge in [-0.05, 0) is 94.3 Å². The Morgan fingerprint density at radius 1 is 0.420 bits per heavy atom. The Morgan fingerprint density at radius 2 is 0.700 bits per heavy atom. The number of rotatable bonds is 10. The summed E-state index contributed by atoms with van der Waals surface area (Å²) in [6.45, 7) is 2.92. The highest BCUT2D eigenvalue weighted by atomic mass is 127. The molecule has 0 saturated heterocycles. The van der Waals surface area contributed by atoms with Crippen LogP contribution in [0.15, 0.2) is 109 Å². The van der Waals surface area contributed by atoms with Crippen molar-refractivity contribution in [3.8, 4) is 33.8 Å². The van der Waals surface area contributed by atoms with Crippen LogP contribution in [0.25, 0.3) is 65.3 Å². The number of fused-ring (bicyclic) bond motifs is 4. The van der Waals surface area contributed by atoms with Crippen molar-refractivity contribution in [1.82, 2.24) is 0 Å². The molecule has 0 aliphatic rings. The molecule has 0 radical (unpaired) electrons. The number of hydrogen-bond donors (Lipinski definition) is 0. The van der Waals surface area contributed by atoms with E-state index in [1.165, 1.54) is 61.4 Å². The van der Waals surface area contributed by atoms with Crippen LogP contribution in [0.5, 0.6) is 11.5 Å². The lowest BCUT2D eigenvalue weighted by molar-refractivity contribution is -0.870. The first-order valence-corrected chi connectivity index (χ1v) is 19.3. The summed E-state index contributed by atoms with van der Waals surface area (Å²) < 4.78 is 17.9. The van der Waals surface area contributed by atoms with Crippen molar-refractivity contribution in [2.75, 3.05) is 68.6 Å². The lowest BCUT2D eigenvalue weighted by Gasteiger charge is -2.26. The summed E-state index contributed by atoms with van der Waals surface area (Å²) in [4.78, 5) is 0. The molecule has 6 heteroatoms. The predicted molar refractivity (Wildman–Crippen MR) is 230 cm³/mol. The molecule has 0 aliphatic heterocycles. The van der Waals surface area contributed by atoms with Crippen LogP contribution in [-0.2, 0) is 0 Å². The molecule has 0 atom stereocenters. The Bertz CT molecular complexity index is 2110. The molecule has 0 bridgehead atoms. The van der Waals surface area contributed by atoms with E-state index in [2.05, 4.69) is 197 Å². The summed E-state index contributed by atoms with van der Waals surface area (Å²) in [5, 5.41) is 9.84.